The van der Waals surface area contributed by atoms with Crippen LogP contribution in [0.1, 0.15) is 40.7 Å². The van der Waals surface area contributed by atoms with Crippen LogP contribution in [0.4, 0.5) is 0 Å². The zero-order valence-electron chi connectivity index (χ0n) is 17.7. The van der Waals surface area contributed by atoms with Crippen molar-refractivity contribution in [2.24, 2.45) is 0 Å². The van der Waals surface area contributed by atoms with Crippen LogP contribution in [0.15, 0.2) is 84.0 Å². The Labute approximate surface area is 190 Å². The van der Waals surface area contributed by atoms with E-state index in [4.69, 9.17) is 0 Å². The second-order valence-corrected chi connectivity index (χ2v) is 8.53. The largest absolute Gasteiger partial charge is 0.333 e. The first-order valence-corrected chi connectivity index (χ1v) is 11.4. The van der Waals surface area contributed by atoms with Gasteiger partial charge in [-0.25, -0.2) is 4.98 Å². The molecule has 3 N–H and O–H groups in total. The third kappa shape index (κ3) is 5.56. The number of aromatic amines is 1. The Morgan fingerprint density at radius 2 is 1.66 bits per heavy atom. The maximum absolute atomic E-state index is 12.3. The summed E-state index contributed by atoms with van der Waals surface area (Å²) >= 11 is 1.61. The molecule has 0 saturated carbocycles. The van der Waals surface area contributed by atoms with Crippen LogP contribution in [0.3, 0.4) is 0 Å². The number of carbonyl (C=O) groups excluding carboxylic acids is 2. The third-order valence-corrected chi connectivity index (χ3v) is 6.08. The highest BCUT2D eigenvalue weighted by Crippen LogP contribution is 2.23. The van der Waals surface area contributed by atoms with Crippen molar-refractivity contribution in [2.45, 2.75) is 30.2 Å². The molecule has 1 aromatic heterocycles. The van der Waals surface area contributed by atoms with Crippen LogP contribution in [-0.4, -0.2) is 21.8 Å². The minimum absolute atomic E-state index is 0.0663. The number of nitrogens with zero attached hydrogens (tertiary/aromatic N) is 1. The lowest BCUT2D eigenvalue weighted by atomic mass is 9.98. The first kappa shape index (κ1) is 21.6. The van der Waals surface area contributed by atoms with E-state index in [1.807, 2.05) is 73.7 Å². The Kier molecular flexibility index (Phi) is 6.87. The lowest BCUT2D eigenvalue weighted by Crippen LogP contribution is -2.41. The van der Waals surface area contributed by atoms with E-state index in [2.05, 4.69) is 20.8 Å². The molecule has 0 fully saturated rings. The van der Waals surface area contributed by atoms with E-state index in [1.165, 1.54) is 0 Å². The van der Waals surface area contributed by atoms with E-state index in [0.29, 0.717) is 12.0 Å². The summed E-state index contributed by atoms with van der Waals surface area (Å²) in [6, 6.07) is 25.1. The molecular formula is C25H24N4O2S. The molecule has 0 aliphatic heterocycles. The fraction of sp³-hybridized carbons (Fsp3) is 0.160. The van der Waals surface area contributed by atoms with Gasteiger partial charge < -0.3 is 4.98 Å². The summed E-state index contributed by atoms with van der Waals surface area (Å²) in [5.41, 5.74) is 9.60. The Balaban J connectivity index is 1.25. The minimum atomic E-state index is -0.345. The number of aromatic nitrogens is 2. The average molecular weight is 445 g/mol. The van der Waals surface area contributed by atoms with Crippen LogP contribution < -0.4 is 10.9 Å². The highest BCUT2D eigenvalue weighted by molar-refractivity contribution is 7.98. The van der Waals surface area contributed by atoms with Crippen molar-refractivity contribution in [3.63, 3.8) is 0 Å². The van der Waals surface area contributed by atoms with Crippen LogP contribution in [0, 0.1) is 0 Å². The monoisotopic (exact) mass is 444 g/mol. The van der Waals surface area contributed by atoms with Gasteiger partial charge in [0, 0.05) is 17.7 Å². The van der Waals surface area contributed by atoms with E-state index >= 15 is 0 Å². The summed E-state index contributed by atoms with van der Waals surface area (Å²) in [5.74, 6) is 0.225. The quantitative estimate of drug-likeness (QED) is 0.282. The first-order chi connectivity index (χ1) is 15.6. The predicted octanol–water partition coefficient (Wildman–Crippen LogP) is 4.81. The van der Waals surface area contributed by atoms with E-state index in [0.717, 1.165) is 33.1 Å². The standard InChI is InChI=1S/C25H24N4O2S/c1-17(19-7-3-2-4-8-19)15-23(30)28-29-24(31)20-13-11-18(12-14-20)16-32-25-26-21-9-5-6-10-22(21)27-25/h2-14,17H,15-16H2,1H3,(H,26,27)(H,28,30)(H,29,31). The summed E-state index contributed by atoms with van der Waals surface area (Å²) in [4.78, 5) is 32.4. The van der Waals surface area contributed by atoms with Crippen molar-refractivity contribution in [3.8, 4) is 0 Å². The molecule has 0 aliphatic rings. The van der Waals surface area contributed by atoms with Crippen LogP contribution in [0.25, 0.3) is 11.0 Å². The third-order valence-electron chi connectivity index (χ3n) is 5.13. The van der Waals surface area contributed by atoms with Crippen LogP contribution in [0.5, 0.6) is 0 Å². The number of H-pyrrole nitrogens is 1. The maximum atomic E-state index is 12.3. The van der Waals surface area contributed by atoms with Gasteiger partial charge in [0.15, 0.2) is 5.16 Å². The zero-order chi connectivity index (χ0) is 22.3. The summed E-state index contributed by atoms with van der Waals surface area (Å²) in [7, 11) is 0. The Morgan fingerprint density at radius 3 is 2.41 bits per heavy atom. The van der Waals surface area contributed by atoms with Crippen molar-refractivity contribution in [3.05, 3.63) is 95.6 Å². The van der Waals surface area contributed by atoms with Gasteiger partial charge in [-0.1, -0.05) is 73.3 Å². The summed E-state index contributed by atoms with van der Waals surface area (Å²) in [6.45, 7) is 1.98. The number of para-hydroxylation sites is 2. The number of carbonyl (C=O) groups is 2. The average Bonchev–Trinajstić information content (AvgIpc) is 3.25. The van der Waals surface area contributed by atoms with Crippen LogP contribution in [0.2, 0.25) is 0 Å². The van der Waals surface area contributed by atoms with E-state index < -0.39 is 0 Å². The smallest absolute Gasteiger partial charge is 0.269 e. The summed E-state index contributed by atoms with van der Waals surface area (Å²) in [6.07, 6.45) is 0.294. The minimum Gasteiger partial charge on any atom is -0.333 e. The molecule has 0 bridgehead atoms. The van der Waals surface area contributed by atoms with Crippen molar-refractivity contribution >= 4 is 34.6 Å². The molecule has 0 saturated heterocycles. The molecule has 1 atom stereocenters. The number of benzene rings is 3. The molecule has 3 aromatic carbocycles. The Bertz CT molecular complexity index is 1170. The van der Waals surface area contributed by atoms with Crippen LogP contribution in [-0.2, 0) is 10.5 Å². The number of imidazole rings is 1. The van der Waals surface area contributed by atoms with E-state index in [-0.39, 0.29) is 17.7 Å². The lowest BCUT2D eigenvalue weighted by molar-refractivity contribution is -0.122. The van der Waals surface area contributed by atoms with Gasteiger partial charge >= 0.3 is 0 Å². The van der Waals surface area contributed by atoms with Crippen LogP contribution >= 0.6 is 11.8 Å². The molecule has 32 heavy (non-hydrogen) atoms. The van der Waals surface area contributed by atoms with Crippen molar-refractivity contribution < 1.29 is 9.59 Å². The fourth-order valence-corrected chi connectivity index (χ4v) is 4.17. The molecular weight excluding hydrogens is 420 g/mol. The predicted molar refractivity (Wildman–Crippen MR) is 127 cm³/mol. The van der Waals surface area contributed by atoms with Crippen molar-refractivity contribution in [2.75, 3.05) is 0 Å². The van der Waals surface area contributed by atoms with Gasteiger partial charge in [0.2, 0.25) is 5.91 Å². The molecule has 1 unspecified atom stereocenters. The fourth-order valence-electron chi connectivity index (χ4n) is 3.33. The number of amides is 2. The maximum Gasteiger partial charge on any atom is 0.269 e. The summed E-state index contributed by atoms with van der Waals surface area (Å²) < 4.78 is 0. The SMILES string of the molecule is CC(CC(=O)NNC(=O)c1ccc(CSc2nc3ccccc3[nH]2)cc1)c1ccccc1. The number of hydrogen-bond acceptors (Lipinski definition) is 4. The molecule has 2 amide bonds. The number of thioether (sulfide) groups is 1. The molecule has 4 rings (SSSR count). The van der Waals surface area contributed by atoms with Gasteiger partial charge in [-0.05, 0) is 41.3 Å². The highest BCUT2D eigenvalue weighted by Gasteiger charge is 2.12. The van der Waals surface area contributed by atoms with Gasteiger partial charge in [0.05, 0.1) is 11.0 Å². The lowest BCUT2D eigenvalue weighted by Gasteiger charge is -2.12. The van der Waals surface area contributed by atoms with E-state index in [9.17, 15) is 9.59 Å². The molecule has 0 radical (unpaired) electrons. The normalized spacial score (nSPS) is 11.8. The molecule has 0 aliphatic carbocycles. The van der Waals surface area contributed by atoms with E-state index in [1.54, 1.807) is 23.9 Å². The van der Waals surface area contributed by atoms with Gasteiger partial charge in [0.1, 0.15) is 0 Å². The highest BCUT2D eigenvalue weighted by atomic mass is 32.2. The van der Waals surface area contributed by atoms with Gasteiger partial charge in [0.25, 0.3) is 5.91 Å². The second kappa shape index (κ2) is 10.2. The Morgan fingerprint density at radius 1 is 0.938 bits per heavy atom. The second-order valence-electron chi connectivity index (χ2n) is 7.56. The molecule has 6 nitrogen and oxygen atoms in total. The number of rotatable bonds is 7. The van der Waals surface area contributed by atoms with Gasteiger partial charge in [-0.15, -0.1) is 0 Å². The number of nitrogens with one attached hydrogen (secondary N) is 3. The number of fused-ring (bicyclic) bond motifs is 1. The molecule has 0 spiro atoms. The van der Waals surface area contributed by atoms with Gasteiger partial charge in [-0.2, -0.15) is 0 Å². The molecule has 4 aromatic rings. The van der Waals surface area contributed by atoms with Crippen molar-refractivity contribution in [1.82, 2.24) is 20.8 Å². The first-order valence-electron chi connectivity index (χ1n) is 10.4. The Hall–Kier alpha value is -3.58. The number of hydrazine groups is 1. The number of hydrogen-bond donors (Lipinski definition) is 3. The zero-order valence-corrected chi connectivity index (χ0v) is 18.5. The topological polar surface area (TPSA) is 86.9 Å². The molecule has 7 heteroatoms. The molecule has 1 heterocycles. The van der Waals surface area contributed by atoms with Gasteiger partial charge in [-0.3, -0.25) is 20.4 Å². The molecule has 162 valence electrons. The summed E-state index contributed by atoms with van der Waals surface area (Å²) in [5, 5.41) is 0.862. The van der Waals surface area contributed by atoms with Crippen molar-refractivity contribution in [1.29, 1.82) is 0 Å².